The van der Waals surface area contributed by atoms with Crippen molar-refractivity contribution in [2.75, 3.05) is 26.7 Å². The summed E-state index contributed by atoms with van der Waals surface area (Å²) in [5, 5.41) is 0. The molecule has 2 fully saturated rings. The molecule has 2 N–H and O–H groups in total. The fraction of sp³-hybridized carbons (Fsp3) is 1.00. The van der Waals surface area contributed by atoms with Crippen molar-refractivity contribution in [3.05, 3.63) is 0 Å². The first-order chi connectivity index (χ1) is 8.50. The lowest BCUT2D eigenvalue weighted by molar-refractivity contribution is 0.0277. The van der Waals surface area contributed by atoms with Gasteiger partial charge in [-0.3, -0.25) is 0 Å². The Bertz CT molecular complexity index is 259. The molecule has 0 aromatic heterocycles. The average Bonchev–Trinajstić information content (AvgIpc) is 2.35. The summed E-state index contributed by atoms with van der Waals surface area (Å²) in [5.41, 5.74) is 6.81. The number of hydrogen-bond donors (Lipinski definition) is 1. The maximum absolute atomic E-state index is 6.32. The molecule has 2 rings (SSSR count). The van der Waals surface area contributed by atoms with Crippen LogP contribution in [-0.4, -0.2) is 43.8 Å². The van der Waals surface area contributed by atoms with E-state index in [2.05, 4.69) is 18.7 Å². The van der Waals surface area contributed by atoms with Crippen LogP contribution in [0.15, 0.2) is 0 Å². The molecule has 106 valence electrons. The molecular formula is C15H30N2O. The first kappa shape index (κ1) is 14.3. The van der Waals surface area contributed by atoms with E-state index in [0.29, 0.717) is 23.5 Å². The summed E-state index contributed by atoms with van der Waals surface area (Å²) < 4.78 is 5.43. The molecule has 1 heterocycles. The predicted molar refractivity (Wildman–Crippen MR) is 75.6 cm³/mol. The molecule has 1 aliphatic heterocycles. The highest BCUT2D eigenvalue weighted by atomic mass is 16.5. The van der Waals surface area contributed by atoms with Gasteiger partial charge in [0, 0.05) is 32.8 Å². The van der Waals surface area contributed by atoms with Gasteiger partial charge >= 0.3 is 0 Å². The predicted octanol–water partition coefficient (Wildman–Crippen LogP) is 2.25. The van der Waals surface area contributed by atoms with Gasteiger partial charge in [0.15, 0.2) is 0 Å². The van der Waals surface area contributed by atoms with Gasteiger partial charge in [0.1, 0.15) is 0 Å². The quantitative estimate of drug-likeness (QED) is 0.839. The van der Waals surface area contributed by atoms with E-state index in [4.69, 9.17) is 10.5 Å². The summed E-state index contributed by atoms with van der Waals surface area (Å²) in [5.74, 6) is 0.688. The van der Waals surface area contributed by atoms with E-state index >= 15 is 0 Å². The van der Waals surface area contributed by atoms with Gasteiger partial charge in [0.05, 0.1) is 6.10 Å². The molecular weight excluding hydrogens is 224 g/mol. The number of piperidine rings is 1. The van der Waals surface area contributed by atoms with E-state index in [1.165, 1.54) is 51.7 Å². The molecule has 0 amide bonds. The Hall–Kier alpha value is -0.120. The maximum Gasteiger partial charge on any atom is 0.0595 e. The Morgan fingerprint density at radius 2 is 1.89 bits per heavy atom. The van der Waals surface area contributed by atoms with Crippen LogP contribution in [0.3, 0.4) is 0 Å². The highest BCUT2D eigenvalue weighted by Gasteiger charge is 2.34. The first-order valence-electron chi connectivity index (χ1n) is 7.51. The van der Waals surface area contributed by atoms with E-state index in [-0.39, 0.29) is 0 Å². The second kappa shape index (κ2) is 5.89. The highest BCUT2D eigenvalue weighted by molar-refractivity contribution is 4.89. The fourth-order valence-electron chi connectivity index (χ4n) is 3.62. The number of nitrogens with zero attached hydrogens (tertiary/aromatic N) is 1. The van der Waals surface area contributed by atoms with E-state index in [1.807, 2.05) is 7.11 Å². The third kappa shape index (κ3) is 3.69. The third-order valence-corrected chi connectivity index (χ3v) is 4.94. The topological polar surface area (TPSA) is 38.5 Å². The smallest absolute Gasteiger partial charge is 0.0595 e. The van der Waals surface area contributed by atoms with Crippen LogP contribution >= 0.6 is 0 Å². The standard InChI is InChI=1S/C15H30N2O/c1-15(2)7-4-14(16)12(10-15)11-17-8-5-13(18-3)6-9-17/h12-14H,4-11,16H2,1-3H3. The van der Waals surface area contributed by atoms with E-state index in [1.54, 1.807) is 0 Å². The molecule has 1 saturated heterocycles. The molecule has 3 nitrogen and oxygen atoms in total. The van der Waals surface area contributed by atoms with Gasteiger partial charge in [0.2, 0.25) is 0 Å². The molecule has 3 heteroatoms. The molecule has 2 aliphatic rings. The first-order valence-corrected chi connectivity index (χ1v) is 7.51. The molecule has 0 aromatic rings. The molecule has 1 aliphatic carbocycles. The number of likely N-dealkylation sites (tertiary alicyclic amines) is 1. The average molecular weight is 254 g/mol. The van der Waals surface area contributed by atoms with Crippen LogP contribution < -0.4 is 5.73 Å². The Labute approximate surface area is 112 Å². The second-order valence-electron chi connectivity index (χ2n) is 7.07. The van der Waals surface area contributed by atoms with Gasteiger partial charge in [0.25, 0.3) is 0 Å². The zero-order valence-electron chi connectivity index (χ0n) is 12.3. The normalized spacial score (nSPS) is 34.7. The van der Waals surface area contributed by atoms with Crippen LogP contribution in [-0.2, 0) is 4.74 Å². The van der Waals surface area contributed by atoms with E-state index in [0.717, 1.165) is 0 Å². The van der Waals surface area contributed by atoms with Crippen LogP contribution in [0.2, 0.25) is 0 Å². The highest BCUT2D eigenvalue weighted by Crippen LogP contribution is 2.38. The minimum atomic E-state index is 0.415. The largest absolute Gasteiger partial charge is 0.381 e. The molecule has 18 heavy (non-hydrogen) atoms. The van der Waals surface area contributed by atoms with Gasteiger partial charge in [-0.25, -0.2) is 0 Å². The number of rotatable bonds is 3. The van der Waals surface area contributed by atoms with Crippen molar-refractivity contribution in [3.63, 3.8) is 0 Å². The summed E-state index contributed by atoms with van der Waals surface area (Å²) in [4.78, 5) is 2.60. The molecule has 0 spiro atoms. The molecule has 0 aromatic carbocycles. The SMILES string of the molecule is COC1CCN(CC2CC(C)(C)CCC2N)CC1. The monoisotopic (exact) mass is 254 g/mol. The molecule has 2 atom stereocenters. The maximum atomic E-state index is 6.32. The third-order valence-electron chi connectivity index (χ3n) is 4.94. The van der Waals surface area contributed by atoms with Crippen LogP contribution in [0.4, 0.5) is 0 Å². The summed E-state index contributed by atoms with van der Waals surface area (Å²) in [6, 6.07) is 0.415. The van der Waals surface area contributed by atoms with Crippen LogP contribution in [0.1, 0.15) is 46.0 Å². The summed E-state index contributed by atoms with van der Waals surface area (Å²) in [7, 11) is 1.83. The van der Waals surface area contributed by atoms with Crippen LogP contribution in [0.25, 0.3) is 0 Å². The van der Waals surface area contributed by atoms with Crippen molar-refractivity contribution >= 4 is 0 Å². The Kier molecular flexibility index (Phi) is 4.68. The van der Waals surface area contributed by atoms with Crippen LogP contribution in [0, 0.1) is 11.3 Å². The van der Waals surface area contributed by atoms with Crippen LogP contribution in [0.5, 0.6) is 0 Å². The molecule has 2 unspecified atom stereocenters. The van der Waals surface area contributed by atoms with Gasteiger partial charge in [-0.2, -0.15) is 0 Å². The van der Waals surface area contributed by atoms with Crippen molar-refractivity contribution in [2.24, 2.45) is 17.1 Å². The summed E-state index contributed by atoms with van der Waals surface area (Å²) in [6.45, 7) is 8.34. The Morgan fingerprint density at radius 3 is 2.50 bits per heavy atom. The minimum Gasteiger partial charge on any atom is -0.381 e. The van der Waals surface area contributed by atoms with Gasteiger partial charge in [-0.15, -0.1) is 0 Å². The number of hydrogen-bond acceptors (Lipinski definition) is 3. The molecule has 0 bridgehead atoms. The summed E-state index contributed by atoms with van der Waals surface area (Å²) in [6.07, 6.45) is 6.63. The molecule has 1 saturated carbocycles. The number of ether oxygens (including phenoxy) is 1. The lowest BCUT2D eigenvalue weighted by Crippen LogP contribution is -2.47. The van der Waals surface area contributed by atoms with Crippen molar-refractivity contribution in [1.29, 1.82) is 0 Å². The zero-order valence-corrected chi connectivity index (χ0v) is 12.3. The van der Waals surface area contributed by atoms with Gasteiger partial charge < -0.3 is 15.4 Å². The van der Waals surface area contributed by atoms with Gasteiger partial charge in [-0.05, 0) is 43.4 Å². The fourth-order valence-corrected chi connectivity index (χ4v) is 3.62. The van der Waals surface area contributed by atoms with Crippen molar-refractivity contribution < 1.29 is 4.74 Å². The lowest BCUT2D eigenvalue weighted by atomic mass is 9.70. The van der Waals surface area contributed by atoms with E-state index < -0.39 is 0 Å². The minimum absolute atomic E-state index is 0.415. The van der Waals surface area contributed by atoms with E-state index in [9.17, 15) is 0 Å². The zero-order chi connectivity index (χ0) is 13.2. The molecule has 0 radical (unpaired) electrons. The van der Waals surface area contributed by atoms with Crippen molar-refractivity contribution in [2.45, 2.75) is 58.1 Å². The number of methoxy groups -OCH3 is 1. The second-order valence-corrected chi connectivity index (χ2v) is 7.07. The van der Waals surface area contributed by atoms with Crippen molar-refractivity contribution in [1.82, 2.24) is 4.90 Å². The van der Waals surface area contributed by atoms with Gasteiger partial charge in [-0.1, -0.05) is 13.8 Å². The number of nitrogens with two attached hydrogens (primary N) is 1. The Morgan fingerprint density at radius 1 is 1.22 bits per heavy atom. The lowest BCUT2D eigenvalue weighted by Gasteiger charge is -2.42. The Balaban J connectivity index is 1.81. The van der Waals surface area contributed by atoms with Crippen molar-refractivity contribution in [3.8, 4) is 0 Å². The summed E-state index contributed by atoms with van der Waals surface area (Å²) >= 11 is 0.